The van der Waals surface area contributed by atoms with Gasteiger partial charge in [-0.2, -0.15) is 0 Å². The second-order valence-corrected chi connectivity index (χ2v) is 8.42. The molecule has 3 nitrogen and oxygen atoms in total. The largest absolute Gasteiger partial charge is 0.350 e. The number of aryl methyl sites for hydroxylation is 1. The van der Waals surface area contributed by atoms with Crippen molar-refractivity contribution in [2.45, 2.75) is 33.4 Å². The molecule has 0 atom stereocenters. The first-order chi connectivity index (χ1) is 14.5. The fraction of sp³-hybridized carbons (Fsp3) is 0.240. The second-order valence-electron chi connectivity index (χ2n) is 8.03. The van der Waals surface area contributed by atoms with Gasteiger partial charge in [0, 0.05) is 30.7 Å². The highest BCUT2D eigenvalue weighted by molar-refractivity contribution is 6.30. The summed E-state index contributed by atoms with van der Waals surface area (Å²) in [5, 5.41) is 1.61. The highest BCUT2D eigenvalue weighted by Crippen LogP contribution is 2.36. The average molecular weight is 420 g/mol. The molecule has 5 heteroatoms. The van der Waals surface area contributed by atoms with Crippen LogP contribution in [0.3, 0.4) is 0 Å². The van der Waals surface area contributed by atoms with Gasteiger partial charge in [-0.05, 0) is 60.7 Å². The summed E-state index contributed by atoms with van der Waals surface area (Å²) in [6.45, 7) is 6.52. The van der Waals surface area contributed by atoms with Gasteiger partial charge in [0.25, 0.3) is 0 Å². The molecule has 2 aromatic carbocycles. The lowest BCUT2D eigenvalue weighted by molar-refractivity contribution is 0.623. The predicted molar refractivity (Wildman–Crippen MR) is 121 cm³/mol. The van der Waals surface area contributed by atoms with Crippen molar-refractivity contribution in [2.75, 3.05) is 11.4 Å². The molecule has 0 aliphatic carbocycles. The van der Waals surface area contributed by atoms with Crippen LogP contribution in [0, 0.1) is 19.7 Å². The normalized spacial score (nSPS) is 13.7. The van der Waals surface area contributed by atoms with Crippen LogP contribution in [-0.4, -0.2) is 16.1 Å². The Morgan fingerprint density at radius 3 is 2.63 bits per heavy atom. The third-order valence-corrected chi connectivity index (χ3v) is 6.42. The van der Waals surface area contributed by atoms with Crippen LogP contribution in [0.1, 0.15) is 27.9 Å². The smallest absolute Gasteiger partial charge is 0.155 e. The van der Waals surface area contributed by atoms with Crippen LogP contribution in [-0.2, 0) is 19.5 Å². The van der Waals surface area contributed by atoms with Crippen molar-refractivity contribution in [2.24, 2.45) is 0 Å². The maximum atomic E-state index is 13.8. The van der Waals surface area contributed by atoms with Gasteiger partial charge < -0.3 is 9.47 Å². The number of fused-ring (bicyclic) bond motifs is 2. The molecule has 0 saturated heterocycles. The molecule has 152 valence electrons. The number of hydrogen-bond acceptors (Lipinski definition) is 2. The summed E-state index contributed by atoms with van der Waals surface area (Å²) in [6, 6.07) is 17.3. The van der Waals surface area contributed by atoms with Crippen molar-refractivity contribution in [3.8, 4) is 0 Å². The van der Waals surface area contributed by atoms with Crippen molar-refractivity contribution in [1.29, 1.82) is 0 Å². The molecule has 1 aliphatic rings. The Labute approximate surface area is 180 Å². The molecule has 0 N–H and O–H groups in total. The summed E-state index contributed by atoms with van der Waals surface area (Å²) in [6.07, 6.45) is 0.981. The quantitative estimate of drug-likeness (QED) is 0.376. The minimum Gasteiger partial charge on any atom is -0.350 e. The van der Waals surface area contributed by atoms with Crippen LogP contribution in [0.2, 0.25) is 5.15 Å². The predicted octanol–water partition coefficient (Wildman–Crippen LogP) is 6.06. The van der Waals surface area contributed by atoms with Crippen molar-refractivity contribution >= 4 is 28.3 Å². The fourth-order valence-corrected chi connectivity index (χ4v) is 4.71. The zero-order chi connectivity index (χ0) is 20.8. The van der Waals surface area contributed by atoms with Gasteiger partial charge in [0.15, 0.2) is 5.82 Å². The van der Waals surface area contributed by atoms with E-state index < -0.39 is 0 Å². The van der Waals surface area contributed by atoms with Gasteiger partial charge in [-0.1, -0.05) is 48.0 Å². The van der Waals surface area contributed by atoms with Crippen LogP contribution in [0.4, 0.5) is 10.2 Å². The van der Waals surface area contributed by atoms with E-state index in [0.29, 0.717) is 11.7 Å². The van der Waals surface area contributed by atoms with Crippen LogP contribution in [0.15, 0.2) is 54.6 Å². The molecular formula is C25H23ClFN3. The summed E-state index contributed by atoms with van der Waals surface area (Å²) in [5.74, 6) is 0.687. The monoisotopic (exact) mass is 419 g/mol. The Balaban J connectivity index is 1.66. The summed E-state index contributed by atoms with van der Waals surface area (Å²) in [4.78, 5) is 7.09. The maximum absolute atomic E-state index is 13.8. The van der Waals surface area contributed by atoms with E-state index in [1.807, 2.05) is 12.1 Å². The molecule has 3 heterocycles. The van der Waals surface area contributed by atoms with E-state index in [2.05, 4.69) is 47.6 Å². The maximum Gasteiger partial charge on any atom is 0.155 e. The molecule has 0 amide bonds. The number of rotatable bonds is 3. The summed E-state index contributed by atoms with van der Waals surface area (Å²) in [7, 11) is 0. The third-order valence-electron chi connectivity index (χ3n) is 6.22. The molecule has 5 rings (SSSR count). The Hall–Kier alpha value is -2.85. The minimum absolute atomic E-state index is 0.215. The lowest BCUT2D eigenvalue weighted by Gasteiger charge is -2.30. The number of aromatic nitrogens is 2. The van der Waals surface area contributed by atoms with Crippen molar-refractivity contribution < 1.29 is 4.39 Å². The Bertz CT molecular complexity index is 1260. The zero-order valence-corrected chi connectivity index (χ0v) is 17.9. The highest BCUT2D eigenvalue weighted by atomic mass is 35.5. The van der Waals surface area contributed by atoms with Gasteiger partial charge in [-0.25, -0.2) is 9.37 Å². The first-order valence-corrected chi connectivity index (χ1v) is 10.6. The fourth-order valence-electron chi connectivity index (χ4n) is 4.52. The zero-order valence-electron chi connectivity index (χ0n) is 17.1. The van der Waals surface area contributed by atoms with E-state index in [1.165, 1.54) is 22.8 Å². The molecule has 0 radical (unpaired) electrons. The number of pyridine rings is 1. The van der Waals surface area contributed by atoms with Crippen molar-refractivity contribution in [1.82, 2.24) is 9.55 Å². The molecule has 0 bridgehead atoms. The van der Waals surface area contributed by atoms with Crippen LogP contribution < -0.4 is 4.90 Å². The van der Waals surface area contributed by atoms with Gasteiger partial charge in [-0.3, -0.25) is 0 Å². The van der Waals surface area contributed by atoms with Crippen LogP contribution in [0.5, 0.6) is 0 Å². The first-order valence-electron chi connectivity index (χ1n) is 10.2. The SMILES string of the molecule is Cc1c(C)n(Cc2cccc(F)c2)c2c(N3CCc4ccccc4C3)nc(Cl)cc12. The Morgan fingerprint density at radius 2 is 1.83 bits per heavy atom. The molecule has 1 aliphatic heterocycles. The van der Waals surface area contributed by atoms with Crippen molar-refractivity contribution in [3.05, 3.63) is 93.5 Å². The number of hydrogen-bond donors (Lipinski definition) is 0. The van der Waals surface area contributed by atoms with Crippen molar-refractivity contribution in [3.63, 3.8) is 0 Å². The van der Waals surface area contributed by atoms with E-state index in [4.69, 9.17) is 16.6 Å². The van der Waals surface area contributed by atoms with Gasteiger partial charge >= 0.3 is 0 Å². The van der Waals surface area contributed by atoms with Crippen LogP contribution in [0.25, 0.3) is 10.9 Å². The topological polar surface area (TPSA) is 21.1 Å². The molecular weight excluding hydrogens is 397 g/mol. The molecule has 0 unspecified atom stereocenters. The van der Waals surface area contributed by atoms with E-state index in [9.17, 15) is 4.39 Å². The summed E-state index contributed by atoms with van der Waals surface area (Å²) in [5.41, 5.74) is 7.06. The van der Waals surface area contributed by atoms with Gasteiger partial charge in [0.05, 0.1) is 5.52 Å². The minimum atomic E-state index is -0.215. The van der Waals surface area contributed by atoms with Gasteiger partial charge in [-0.15, -0.1) is 0 Å². The molecule has 2 aromatic heterocycles. The van der Waals surface area contributed by atoms with E-state index >= 15 is 0 Å². The first kappa shape index (κ1) is 19.1. The Kier molecular flexibility index (Phi) is 4.75. The molecule has 0 fully saturated rings. The summed E-state index contributed by atoms with van der Waals surface area (Å²) >= 11 is 6.46. The molecule has 4 aromatic rings. The molecule has 30 heavy (non-hydrogen) atoms. The number of benzene rings is 2. The molecule has 0 spiro atoms. The molecule has 0 saturated carbocycles. The van der Waals surface area contributed by atoms with E-state index in [-0.39, 0.29) is 5.82 Å². The highest BCUT2D eigenvalue weighted by Gasteiger charge is 2.24. The van der Waals surface area contributed by atoms with Gasteiger partial charge in [0.2, 0.25) is 0 Å². The standard InChI is InChI=1S/C25H23ClFN3/c1-16-17(2)30(14-18-6-5-9-21(27)12-18)24-22(16)13-23(26)28-25(24)29-11-10-19-7-3-4-8-20(19)15-29/h3-9,12-13H,10-11,14-15H2,1-2H3. The number of nitrogens with zero attached hydrogens (tertiary/aromatic N) is 3. The van der Waals surface area contributed by atoms with E-state index in [0.717, 1.165) is 47.5 Å². The number of halogens is 2. The average Bonchev–Trinajstić information content (AvgIpc) is 2.98. The Morgan fingerprint density at radius 1 is 1.03 bits per heavy atom. The lowest BCUT2D eigenvalue weighted by Crippen LogP contribution is -2.31. The van der Waals surface area contributed by atoms with Crippen LogP contribution >= 0.6 is 11.6 Å². The van der Waals surface area contributed by atoms with E-state index in [1.54, 1.807) is 12.1 Å². The number of anilines is 1. The third kappa shape index (κ3) is 3.25. The second kappa shape index (κ2) is 7.44. The lowest BCUT2D eigenvalue weighted by atomic mass is 10.00. The van der Waals surface area contributed by atoms with Gasteiger partial charge in [0.1, 0.15) is 11.0 Å². The summed E-state index contributed by atoms with van der Waals surface area (Å²) < 4.78 is 16.1.